The molecule has 51 heavy (non-hydrogen) atoms. The Morgan fingerprint density at radius 3 is 0.882 bits per heavy atom. The van der Waals surface area contributed by atoms with E-state index in [2.05, 4.69) is 168 Å². The topological polar surface area (TPSA) is 17.1 Å². The zero-order valence-electron chi connectivity index (χ0n) is 32.4. The van der Waals surface area contributed by atoms with Crippen LogP contribution in [0.25, 0.3) is 44.5 Å². The van der Waals surface area contributed by atoms with Crippen LogP contribution in [-0.2, 0) is 4.57 Å². The monoisotopic (exact) mass is 705 g/mol. The molecule has 3 heteroatoms. The van der Waals surface area contributed by atoms with Gasteiger partial charge in [-0.2, -0.15) is 0 Å². The quantitative estimate of drug-likeness (QED) is 0.151. The molecule has 0 amide bonds. The largest absolute Gasteiger partial charge is 0.396 e. The van der Waals surface area contributed by atoms with Gasteiger partial charge in [-0.1, -0.05) is 99.6 Å². The van der Waals surface area contributed by atoms with E-state index in [1.807, 2.05) is 0 Å². The Morgan fingerprint density at radius 1 is 0.373 bits per heavy atom. The van der Waals surface area contributed by atoms with Crippen LogP contribution >= 0.6 is 15.8 Å². The third-order valence-corrected chi connectivity index (χ3v) is 14.1. The van der Waals surface area contributed by atoms with Crippen LogP contribution in [0.1, 0.15) is 66.8 Å². The highest BCUT2D eigenvalue weighted by Gasteiger charge is 2.34. The summed E-state index contributed by atoms with van der Waals surface area (Å²) in [6.07, 6.45) is 0. The van der Waals surface area contributed by atoms with Crippen molar-refractivity contribution in [1.82, 2.24) is 0 Å². The lowest BCUT2D eigenvalue weighted by Crippen LogP contribution is -2.12. The van der Waals surface area contributed by atoms with Crippen LogP contribution in [0.5, 0.6) is 0 Å². The van der Waals surface area contributed by atoms with E-state index in [4.69, 9.17) is 0 Å². The van der Waals surface area contributed by atoms with Gasteiger partial charge in [0.2, 0.25) is 5.30 Å². The van der Waals surface area contributed by atoms with Crippen LogP contribution in [0.3, 0.4) is 0 Å². The van der Waals surface area contributed by atoms with Gasteiger partial charge in [-0.3, -0.25) is 0 Å². The van der Waals surface area contributed by atoms with Crippen LogP contribution in [0.2, 0.25) is 0 Å². The Bertz CT molecular complexity index is 2130. The highest BCUT2D eigenvalue weighted by atomic mass is 32.0. The first-order valence-corrected chi connectivity index (χ1v) is 21.1. The fourth-order valence-corrected chi connectivity index (χ4v) is 13.0. The average Bonchev–Trinajstić information content (AvgIpc) is 3.00. The molecule has 6 rings (SSSR count). The van der Waals surface area contributed by atoms with Crippen LogP contribution in [0.4, 0.5) is 0 Å². The van der Waals surface area contributed by atoms with E-state index >= 15 is 4.57 Å². The molecule has 0 aromatic heterocycles. The van der Waals surface area contributed by atoms with Crippen LogP contribution in [0, 0.1) is 83.1 Å². The first kappa shape index (κ1) is 36.6. The molecule has 258 valence electrons. The molecular weight excluding hydrogens is 654 g/mol. The molecule has 6 aromatic carbocycles. The molecule has 0 fully saturated rings. The lowest BCUT2D eigenvalue weighted by Gasteiger charge is -2.20. The first-order valence-electron chi connectivity index (χ1n) is 18.0. The second-order valence-corrected chi connectivity index (χ2v) is 18.6. The summed E-state index contributed by atoms with van der Waals surface area (Å²) >= 11 is 0. The Balaban J connectivity index is 1.68. The van der Waals surface area contributed by atoms with E-state index in [1.165, 1.54) is 105 Å². The predicted molar refractivity (Wildman–Crippen MR) is 227 cm³/mol. The van der Waals surface area contributed by atoms with Gasteiger partial charge in [-0.05, 0) is 173 Å². The van der Waals surface area contributed by atoms with Crippen molar-refractivity contribution < 1.29 is 4.57 Å². The van der Waals surface area contributed by atoms with Gasteiger partial charge in [-0.25, -0.2) is 0 Å². The zero-order chi connectivity index (χ0) is 36.9. The number of benzene rings is 6. The van der Waals surface area contributed by atoms with E-state index in [1.54, 1.807) is 0 Å². The van der Waals surface area contributed by atoms with E-state index in [-0.39, 0.29) is 8.27 Å². The summed E-state index contributed by atoms with van der Waals surface area (Å²) in [5.41, 5.74) is 24.3. The second-order valence-electron chi connectivity index (χ2n) is 14.9. The summed E-state index contributed by atoms with van der Waals surface area (Å²) in [5.74, 6) is 0. The third kappa shape index (κ3) is 7.05. The van der Waals surface area contributed by atoms with Crippen LogP contribution < -0.4 is 10.6 Å². The molecule has 0 aliphatic carbocycles. The van der Waals surface area contributed by atoms with Crippen LogP contribution in [-0.4, -0.2) is 0 Å². The van der Waals surface area contributed by atoms with Crippen molar-refractivity contribution in [3.8, 4) is 44.5 Å². The van der Waals surface area contributed by atoms with Crippen LogP contribution in [0.15, 0.2) is 84.9 Å². The second kappa shape index (κ2) is 14.5. The smallest absolute Gasteiger partial charge is 0.0654 e. The molecule has 1 nitrogen and oxygen atoms in total. The molecule has 0 N–H and O–H groups in total. The van der Waals surface area contributed by atoms with Crippen molar-refractivity contribution in [1.29, 1.82) is 0 Å². The van der Waals surface area contributed by atoms with Crippen molar-refractivity contribution in [3.05, 3.63) is 152 Å². The molecular formula is C48H51OP2+. The van der Waals surface area contributed by atoms with Gasteiger partial charge in [0.1, 0.15) is 0 Å². The molecule has 0 spiro atoms. The highest BCUT2D eigenvalue weighted by Crippen LogP contribution is 2.52. The van der Waals surface area contributed by atoms with Crippen molar-refractivity contribution in [2.24, 2.45) is 0 Å². The highest BCUT2D eigenvalue weighted by molar-refractivity contribution is 8.22. The predicted octanol–water partition coefficient (Wildman–Crippen LogP) is 13.4. The summed E-state index contributed by atoms with van der Waals surface area (Å²) in [6.45, 7) is 26.3. The number of aryl methyl sites for hydroxylation is 12. The first-order chi connectivity index (χ1) is 24.2. The maximum absolute atomic E-state index is 15.8. The third-order valence-electron chi connectivity index (χ3n) is 10.3. The van der Waals surface area contributed by atoms with E-state index in [0.717, 1.165) is 16.4 Å². The normalized spacial score (nSPS) is 11.9. The number of rotatable bonds is 7. The fraction of sp³-hybridized carbons (Fsp3) is 0.250. The van der Waals surface area contributed by atoms with Gasteiger partial charge in [0, 0.05) is 16.4 Å². The summed E-state index contributed by atoms with van der Waals surface area (Å²) in [6, 6.07) is 31.4. The maximum atomic E-state index is 15.8. The standard InChI is InChI=1S/C48H51OP2/c1-27-19-31(5)43(32(6)20-27)39-15-13-16-40(44-33(7)21-28(2)22-34(44)8)47(39)50-51(49)48-41(45-35(9)23-29(3)24-36(45)10)17-14-18-42(48)46-37(11)25-30(4)26-38(46)12/h13-26,50H,1-12H3/q+1. The maximum Gasteiger partial charge on any atom is 0.396 e. The SMILES string of the molecule is Cc1cc(C)c(-c2cccc(-c3c(C)cc(C)cc3C)c2P[P+](=O)c2c(-c3c(C)cc(C)cc3C)cccc2-c2c(C)cc(C)cc2C)c(C)c1. The van der Waals surface area contributed by atoms with E-state index < -0.39 is 7.49 Å². The van der Waals surface area contributed by atoms with E-state index in [9.17, 15) is 0 Å². The Hall–Kier alpha value is -4.15. The molecule has 6 aromatic rings. The Morgan fingerprint density at radius 2 is 0.608 bits per heavy atom. The molecule has 0 heterocycles. The van der Waals surface area contributed by atoms with Crippen molar-refractivity contribution >= 4 is 26.4 Å². The van der Waals surface area contributed by atoms with Gasteiger partial charge in [0.15, 0.2) is 8.27 Å². The molecule has 0 saturated carbocycles. The molecule has 0 aliphatic rings. The lowest BCUT2D eigenvalue weighted by molar-refractivity contribution is 0.601. The van der Waals surface area contributed by atoms with Gasteiger partial charge in [0.25, 0.3) is 0 Å². The van der Waals surface area contributed by atoms with Gasteiger partial charge >= 0.3 is 7.49 Å². The van der Waals surface area contributed by atoms with Crippen molar-refractivity contribution in [2.75, 3.05) is 0 Å². The minimum absolute atomic E-state index is 0.0586. The number of hydrogen-bond donors (Lipinski definition) is 0. The Kier molecular flexibility index (Phi) is 10.4. The molecule has 2 atom stereocenters. The molecule has 0 saturated heterocycles. The molecule has 0 radical (unpaired) electrons. The summed E-state index contributed by atoms with van der Waals surface area (Å²) < 4.78 is 15.8. The van der Waals surface area contributed by atoms with Crippen molar-refractivity contribution in [2.45, 2.75) is 83.1 Å². The fourth-order valence-electron chi connectivity index (χ4n) is 8.83. The summed E-state index contributed by atoms with van der Waals surface area (Å²) in [7, 11) is -1.83. The summed E-state index contributed by atoms with van der Waals surface area (Å²) in [4.78, 5) is 0. The summed E-state index contributed by atoms with van der Waals surface area (Å²) in [5, 5.41) is 2.14. The van der Waals surface area contributed by atoms with Gasteiger partial charge < -0.3 is 0 Å². The minimum atomic E-state index is -1.89. The molecule has 0 bridgehead atoms. The average molecular weight is 706 g/mol. The lowest BCUT2D eigenvalue weighted by atomic mass is 9.89. The van der Waals surface area contributed by atoms with Crippen molar-refractivity contribution in [3.63, 3.8) is 0 Å². The Labute approximate surface area is 309 Å². The van der Waals surface area contributed by atoms with Gasteiger partial charge in [0.05, 0.1) is 0 Å². The number of hydrogen-bond acceptors (Lipinski definition) is 1. The molecule has 0 aliphatic heterocycles. The van der Waals surface area contributed by atoms with Gasteiger partial charge in [-0.15, -0.1) is 0 Å². The minimum Gasteiger partial charge on any atom is -0.0654 e. The zero-order valence-corrected chi connectivity index (χ0v) is 34.3. The van der Waals surface area contributed by atoms with E-state index in [0.29, 0.717) is 0 Å². The molecule has 2 unspecified atom stereocenters.